The summed E-state index contributed by atoms with van der Waals surface area (Å²) >= 11 is 0. The lowest BCUT2D eigenvalue weighted by Crippen LogP contribution is -2.45. The van der Waals surface area contributed by atoms with Gasteiger partial charge in [0.05, 0.1) is 12.6 Å². The zero-order valence-corrected chi connectivity index (χ0v) is 9.71. The van der Waals surface area contributed by atoms with Crippen molar-refractivity contribution in [3.05, 3.63) is 0 Å². The molecule has 0 aromatic carbocycles. The van der Waals surface area contributed by atoms with Crippen LogP contribution in [0.3, 0.4) is 0 Å². The highest BCUT2D eigenvalue weighted by molar-refractivity contribution is 5.75. The second kappa shape index (κ2) is 3.91. The Kier molecular flexibility index (Phi) is 2.54. The van der Waals surface area contributed by atoms with E-state index in [-0.39, 0.29) is 12.1 Å². The number of likely N-dealkylation sites (tertiary alicyclic amines) is 1. The quantitative estimate of drug-likeness (QED) is 0.730. The van der Waals surface area contributed by atoms with Crippen molar-refractivity contribution < 1.29 is 9.53 Å². The molecule has 0 radical (unpaired) electrons. The number of carbonyl (C=O) groups excluding carboxylic acids is 1. The molecule has 1 aliphatic carbocycles. The number of hydrogen-bond acceptors (Lipinski definition) is 2. The van der Waals surface area contributed by atoms with Crippen molar-refractivity contribution in [3.8, 4) is 0 Å². The smallest absolute Gasteiger partial charge is 0.317 e. The molecule has 1 saturated carbocycles. The van der Waals surface area contributed by atoms with Crippen LogP contribution in [0.5, 0.6) is 0 Å². The Morgan fingerprint density at radius 3 is 2.81 bits per heavy atom. The number of hydrogen-bond donors (Lipinski definition) is 1. The van der Waals surface area contributed by atoms with E-state index < -0.39 is 0 Å². The molecule has 4 heteroatoms. The SMILES string of the molecule is O=C(N[C@@H]1CCOC1)N1CCC2(CCC2)C1. The van der Waals surface area contributed by atoms with E-state index in [0.717, 1.165) is 26.1 Å². The molecule has 1 spiro atoms. The molecule has 2 aliphatic heterocycles. The molecular formula is C12H20N2O2. The van der Waals surface area contributed by atoms with Crippen LogP contribution in [-0.4, -0.2) is 43.3 Å². The predicted octanol–water partition coefficient (Wildman–Crippen LogP) is 1.36. The van der Waals surface area contributed by atoms with E-state index in [1.54, 1.807) is 0 Å². The predicted molar refractivity (Wildman–Crippen MR) is 60.2 cm³/mol. The lowest BCUT2D eigenvalue weighted by atomic mass is 9.68. The summed E-state index contributed by atoms with van der Waals surface area (Å²) in [5.74, 6) is 0. The van der Waals surface area contributed by atoms with E-state index in [1.807, 2.05) is 4.90 Å². The van der Waals surface area contributed by atoms with Crippen LogP contribution in [-0.2, 0) is 4.74 Å². The van der Waals surface area contributed by atoms with Crippen molar-refractivity contribution in [2.24, 2.45) is 5.41 Å². The van der Waals surface area contributed by atoms with Gasteiger partial charge in [0.25, 0.3) is 0 Å². The van der Waals surface area contributed by atoms with Gasteiger partial charge in [0.1, 0.15) is 0 Å². The van der Waals surface area contributed by atoms with Crippen molar-refractivity contribution in [2.75, 3.05) is 26.3 Å². The fraction of sp³-hybridized carbons (Fsp3) is 0.917. The zero-order chi connectivity index (χ0) is 11.0. The van der Waals surface area contributed by atoms with Crippen LogP contribution >= 0.6 is 0 Å². The first-order valence-electron chi connectivity index (χ1n) is 6.41. The van der Waals surface area contributed by atoms with Crippen LogP contribution in [0.15, 0.2) is 0 Å². The standard InChI is InChI=1S/C12H20N2O2/c15-11(13-10-2-7-16-8-10)14-6-5-12(9-14)3-1-4-12/h10H,1-9H2,(H,13,15)/t10-/m1/s1. The van der Waals surface area contributed by atoms with Crippen molar-refractivity contribution in [1.29, 1.82) is 0 Å². The van der Waals surface area contributed by atoms with Gasteiger partial charge in [0.15, 0.2) is 0 Å². The Hall–Kier alpha value is -0.770. The second-order valence-electron chi connectivity index (χ2n) is 5.54. The first kappa shape index (κ1) is 10.4. The number of nitrogens with one attached hydrogen (secondary N) is 1. The molecule has 90 valence electrons. The normalized spacial score (nSPS) is 31.8. The molecule has 4 nitrogen and oxygen atoms in total. The maximum absolute atomic E-state index is 12.0. The second-order valence-corrected chi connectivity index (χ2v) is 5.54. The van der Waals surface area contributed by atoms with Crippen molar-refractivity contribution in [3.63, 3.8) is 0 Å². The van der Waals surface area contributed by atoms with Crippen LogP contribution < -0.4 is 5.32 Å². The molecule has 1 atom stereocenters. The average molecular weight is 224 g/mol. The number of carbonyl (C=O) groups is 1. The van der Waals surface area contributed by atoms with E-state index >= 15 is 0 Å². The van der Waals surface area contributed by atoms with Gasteiger partial charge < -0.3 is 15.0 Å². The minimum Gasteiger partial charge on any atom is -0.379 e. The molecule has 0 aromatic heterocycles. The van der Waals surface area contributed by atoms with Crippen LogP contribution in [0, 0.1) is 5.41 Å². The average Bonchev–Trinajstić information content (AvgIpc) is 2.83. The Morgan fingerprint density at radius 1 is 1.38 bits per heavy atom. The van der Waals surface area contributed by atoms with E-state index in [9.17, 15) is 4.79 Å². The van der Waals surface area contributed by atoms with Crippen LogP contribution in [0.1, 0.15) is 32.1 Å². The molecule has 2 heterocycles. The van der Waals surface area contributed by atoms with Gasteiger partial charge in [0.2, 0.25) is 0 Å². The largest absolute Gasteiger partial charge is 0.379 e. The third-order valence-electron chi connectivity index (χ3n) is 4.40. The van der Waals surface area contributed by atoms with Gasteiger partial charge in [-0.15, -0.1) is 0 Å². The molecule has 3 fully saturated rings. The minimum atomic E-state index is 0.124. The summed E-state index contributed by atoms with van der Waals surface area (Å²) in [6.07, 6.45) is 6.17. The maximum atomic E-state index is 12.0. The van der Waals surface area contributed by atoms with Crippen LogP contribution in [0.2, 0.25) is 0 Å². The van der Waals surface area contributed by atoms with Gasteiger partial charge in [-0.3, -0.25) is 0 Å². The molecule has 3 rings (SSSR count). The highest BCUT2D eigenvalue weighted by Gasteiger charge is 2.44. The lowest BCUT2D eigenvalue weighted by Gasteiger charge is -2.38. The summed E-state index contributed by atoms with van der Waals surface area (Å²) in [6, 6.07) is 0.365. The van der Waals surface area contributed by atoms with Gasteiger partial charge in [0, 0.05) is 19.7 Å². The van der Waals surface area contributed by atoms with E-state index in [1.165, 1.54) is 25.7 Å². The zero-order valence-electron chi connectivity index (χ0n) is 9.71. The molecule has 0 unspecified atom stereocenters. The Labute approximate surface area is 96.3 Å². The molecule has 0 bridgehead atoms. The van der Waals surface area contributed by atoms with Crippen molar-refractivity contribution in [1.82, 2.24) is 10.2 Å². The van der Waals surface area contributed by atoms with Gasteiger partial charge in [-0.25, -0.2) is 4.79 Å². The van der Waals surface area contributed by atoms with Gasteiger partial charge >= 0.3 is 6.03 Å². The Balaban J connectivity index is 1.51. The monoisotopic (exact) mass is 224 g/mol. The van der Waals surface area contributed by atoms with Crippen molar-refractivity contribution in [2.45, 2.75) is 38.1 Å². The molecule has 16 heavy (non-hydrogen) atoms. The van der Waals surface area contributed by atoms with Crippen LogP contribution in [0.4, 0.5) is 4.79 Å². The number of urea groups is 1. The van der Waals surface area contributed by atoms with Crippen molar-refractivity contribution >= 4 is 6.03 Å². The van der Waals surface area contributed by atoms with E-state index in [2.05, 4.69) is 5.32 Å². The fourth-order valence-corrected chi connectivity index (χ4v) is 3.11. The topological polar surface area (TPSA) is 41.6 Å². The summed E-state index contributed by atoms with van der Waals surface area (Å²) in [7, 11) is 0. The fourth-order valence-electron chi connectivity index (χ4n) is 3.11. The molecular weight excluding hydrogens is 204 g/mol. The summed E-state index contributed by atoms with van der Waals surface area (Å²) in [5, 5.41) is 3.07. The molecule has 0 aromatic rings. The van der Waals surface area contributed by atoms with Gasteiger partial charge in [-0.05, 0) is 31.1 Å². The molecule has 1 N–H and O–H groups in total. The summed E-state index contributed by atoms with van der Waals surface area (Å²) in [6.45, 7) is 3.39. The summed E-state index contributed by atoms with van der Waals surface area (Å²) in [5.41, 5.74) is 0.503. The maximum Gasteiger partial charge on any atom is 0.317 e. The van der Waals surface area contributed by atoms with E-state index in [4.69, 9.17) is 4.74 Å². The first-order chi connectivity index (χ1) is 7.77. The van der Waals surface area contributed by atoms with Gasteiger partial charge in [-0.1, -0.05) is 6.42 Å². The number of nitrogens with zero attached hydrogens (tertiary/aromatic N) is 1. The number of amides is 2. The third kappa shape index (κ3) is 1.79. The minimum absolute atomic E-state index is 0.124. The summed E-state index contributed by atoms with van der Waals surface area (Å²) < 4.78 is 5.26. The molecule has 3 aliphatic rings. The highest BCUT2D eigenvalue weighted by atomic mass is 16.5. The molecule has 2 saturated heterocycles. The van der Waals surface area contributed by atoms with E-state index in [0.29, 0.717) is 12.0 Å². The van der Waals surface area contributed by atoms with Gasteiger partial charge in [-0.2, -0.15) is 0 Å². The number of ether oxygens (including phenoxy) is 1. The number of rotatable bonds is 1. The Morgan fingerprint density at radius 2 is 2.25 bits per heavy atom. The lowest BCUT2D eigenvalue weighted by molar-refractivity contribution is 0.139. The first-order valence-corrected chi connectivity index (χ1v) is 6.41. The highest BCUT2D eigenvalue weighted by Crippen LogP contribution is 2.47. The van der Waals surface area contributed by atoms with Crippen LogP contribution in [0.25, 0.3) is 0 Å². The summed E-state index contributed by atoms with van der Waals surface area (Å²) in [4.78, 5) is 14.0. The third-order valence-corrected chi connectivity index (χ3v) is 4.40. The Bertz CT molecular complexity index is 283. The molecule has 2 amide bonds.